The highest BCUT2D eigenvalue weighted by molar-refractivity contribution is 7.89. The molecule has 1 aliphatic heterocycles. The van der Waals surface area contributed by atoms with Crippen molar-refractivity contribution < 1.29 is 22.7 Å². The first kappa shape index (κ1) is 21.4. The summed E-state index contributed by atoms with van der Waals surface area (Å²) in [6.45, 7) is -0.304. The van der Waals surface area contributed by atoms with Crippen LogP contribution in [0.3, 0.4) is 0 Å². The fourth-order valence-electron chi connectivity index (χ4n) is 2.65. The summed E-state index contributed by atoms with van der Waals surface area (Å²) >= 11 is 5.16. The Morgan fingerprint density at radius 3 is 2.40 bits per heavy atom. The summed E-state index contributed by atoms with van der Waals surface area (Å²) in [6, 6.07) is 12.4. The van der Waals surface area contributed by atoms with E-state index < -0.39 is 21.8 Å². The topological polar surface area (TPSA) is 131 Å². The van der Waals surface area contributed by atoms with Crippen molar-refractivity contribution in [3.63, 3.8) is 0 Å². The predicted molar refractivity (Wildman–Crippen MR) is 115 cm³/mol. The lowest BCUT2D eigenvalue weighted by atomic mass is 10.2. The van der Waals surface area contributed by atoms with Crippen LogP contribution in [0.1, 0.15) is 5.56 Å². The third kappa shape index (κ3) is 5.00. The Hall–Kier alpha value is -3.28. The molecule has 9 nitrogen and oxygen atoms in total. The van der Waals surface area contributed by atoms with Gasteiger partial charge in [-0.2, -0.15) is 0 Å². The van der Waals surface area contributed by atoms with Crippen LogP contribution < -0.4 is 20.5 Å². The van der Waals surface area contributed by atoms with Crippen molar-refractivity contribution in [3.8, 4) is 5.75 Å². The van der Waals surface area contributed by atoms with Gasteiger partial charge in [-0.05, 0) is 60.3 Å². The first-order valence-electron chi connectivity index (χ1n) is 8.58. The molecule has 1 aliphatic rings. The number of ether oxygens (including phenoxy) is 1. The Balaban J connectivity index is 1.66. The molecule has 0 unspecified atom stereocenters. The van der Waals surface area contributed by atoms with Gasteiger partial charge >= 0.3 is 0 Å². The number of sulfonamides is 1. The highest BCUT2D eigenvalue weighted by atomic mass is 32.2. The molecular weight excluding hydrogens is 428 g/mol. The van der Waals surface area contributed by atoms with E-state index in [-0.39, 0.29) is 22.2 Å². The maximum absolute atomic E-state index is 12.6. The summed E-state index contributed by atoms with van der Waals surface area (Å²) in [7, 11) is -2.26. The van der Waals surface area contributed by atoms with Gasteiger partial charge in [0.2, 0.25) is 15.9 Å². The number of hydrogen-bond donors (Lipinski definition) is 3. The van der Waals surface area contributed by atoms with E-state index in [1.165, 1.54) is 24.3 Å². The summed E-state index contributed by atoms with van der Waals surface area (Å²) < 4.78 is 27.6. The molecule has 0 saturated carbocycles. The zero-order chi connectivity index (χ0) is 21.9. The van der Waals surface area contributed by atoms with E-state index in [1.807, 2.05) is 0 Å². The van der Waals surface area contributed by atoms with Crippen LogP contribution in [0.15, 0.2) is 59.1 Å². The number of primary sulfonamides is 1. The minimum absolute atomic E-state index is 0.0751. The van der Waals surface area contributed by atoms with Crippen molar-refractivity contribution in [2.75, 3.05) is 19.0 Å². The third-order valence-electron chi connectivity index (χ3n) is 4.16. The van der Waals surface area contributed by atoms with Gasteiger partial charge in [0.05, 0.1) is 12.0 Å². The van der Waals surface area contributed by atoms with Crippen LogP contribution in [0.4, 0.5) is 5.69 Å². The molecule has 4 N–H and O–H groups in total. The maximum Gasteiger partial charge on any atom is 0.277 e. The Morgan fingerprint density at radius 2 is 1.83 bits per heavy atom. The number of carbonyl (C=O) groups excluding carboxylic acids is 2. The van der Waals surface area contributed by atoms with Gasteiger partial charge in [0.15, 0.2) is 5.11 Å². The number of hydrogen-bond acceptors (Lipinski definition) is 6. The monoisotopic (exact) mass is 446 g/mol. The highest BCUT2D eigenvalue weighted by Crippen LogP contribution is 2.18. The average Bonchev–Trinajstić information content (AvgIpc) is 2.95. The van der Waals surface area contributed by atoms with Gasteiger partial charge in [0, 0.05) is 5.69 Å². The Labute approximate surface area is 178 Å². The van der Waals surface area contributed by atoms with Crippen LogP contribution in [-0.4, -0.2) is 43.9 Å². The first-order chi connectivity index (χ1) is 14.2. The van der Waals surface area contributed by atoms with Crippen LogP contribution in [0, 0.1) is 0 Å². The normalized spacial score (nSPS) is 15.3. The molecule has 156 valence electrons. The minimum atomic E-state index is -3.82. The molecule has 30 heavy (non-hydrogen) atoms. The molecule has 0 radical (unpaired) electrons. The second-order valence-corrected chi connectivity index (χ2v) is 8.22. The average molecular weight is 447 g/mol. The summed E-state index contributed by atoms with van der Waals surface area (Å²) in [5, 5.41) is 10.5. The number of rotatable bonds is 6. The lowest BCUT2D eigenvalue weighted by molar-refractivity contribution is -0.126. The molecule has 1 saturated heterocycles. The molecule has 0 spiro atoms. The molecule has 2 amide bonds. The second-order valence-electron chi connectivity index (χ2n) is 6.27. The van der Waals surface area contributed by atoms with Crippen LogP contribution in [0.25, 0.3) is 6.08 Å². The van der Waals surface area contributed by atoms with Gasteiger partial charge in [0.1, 0.15) is 18.0 Å². The molecule has 2 aromatic rings. The molecule has 1 heterocycles. The SMILES string of the molecule is COc1ccc(/C=C2\NC(=S)N(CC(=O)Nc3ccc(S(N)(=O)=O)cc3)C2=O)cc1. The van der Waals surface area contributed by atoms with Crippen molar-refractivity contribution in [2.45, 2.75) is 4.90 Å². The Morgan fingerprint density at radius 1 is 1.20 bits per heavy atom. The molecular formula is C19H18N4O5S2. The lowest BCUT2D eigenvalue weighted by Gasteiger charge is -2.14. The lowest BCUT2D eigenvalue weighted by Crippen LogP contribution is -2.37. The number of nitrogens with zero attached hydrogens (tertiary/aromatic N) is 1. The van der Waals surface area contributed by atoms with E-state index >= 15 is 0 Å². The van der Waals surface area contributed by atoms with Gasteiger partial charge in [-0.1, -0.05) is 12.1 Å². The fourth-order valence-corrected chi connectivity index (χ4v) is 3.43. The van der Waals surface area contributed by atoms with E-state index in [1.54, 1.807) is 37.5 Å². The van der Waals surface area contributed by atoms with Gasteiger partial charge < -0.3 is 15.4 Å². The van der Waals surface area contributed by atoms with E-state index in [9.17, 15) is 18.0 Å². The third-order valence-corrected chi connectivity index (χ3v) is 5.41. The predicted octanol–water partition coefficient (Wildman–Crippen LogP) is 1.04. The Bertz CT molecular complexity index is 1130. The van der Waals surface area contributed by atoms with Crippen LogP contribution in [-0.2, 0) is 19.6 Å². The van der Waals surface area contributed by atoms with Crippen LogP contribution in [0.5, 0.6) is 5.75 Å². The number of nitrogens with two attached hydrogens (primary N) is 1. The number of anilines is 1. The van der Waals surface area contributed by atoms with Gasteiger partial charge in [-0.3, -0.25) is 14.5 Å². The quantitative estimate of drug-likeness (QED) is 0.446. The molecule has 3 rings (SSSR count). The number of methoxy groups -OCH3 is 1. The van der Waals surface area contributed by atoms with E-state index in [4.69, 9.17) is 22.1 Å². The first-order valence-corrected chi connectivity index (χ1v) is 10.5. The number of amides is 2. The van der Waals surface area contributed by atoms with E-state index in [0.29, 0.717) is 11.4 Å². The van der Waals surface area contributed by atoms with E-state index in [2.05, 4.69) is 10.6 Å². The second kappa shape index (κ2) is 8.61. The molecule has 0 aromatic heterocycles. The molecule has 0 aliphatic carbocycles. The molecule has 0 atom stereocenters. The summed E-state index contributed by atoms with van der Waals surface area (Å²) in [5.74, 6) is -0.245. The van der Waals surface area contributed by atoms with E-state index in [0.717, 1.165) is 10.5 Å². The maximum atomic E-state index is 12.6. The molecule has 11 heteroatoms. The zero-order valence-corrected chi connectivity index (χ0v) is 17.4. The number of thiocarbonyl (C=S) groups is 1. The molecule has 0 bridgehead atoms. The smallest absolute Gasteiger partial charge is 0.277 e. The van der Waals surface area contributed by atoms with Crippen molar-refractivity contribution in [2.24, 2.45) is 5.14 Å². The van der Waals surface area contributed by atoms with Crippen molar-refractivity contribution in [1.82, 2.24) is 10.2 Å². The standard InChI is InChI=1S/C19H18N4O5S2/c1-28-14-6-2-12(3-7-14)10-16-18(25)23(19(29)22-16)11-17(24)21-13-4-8-15(9-5-13)30(20,26)27/h2-10H,11H2,1H3,(H,21,24)(H,22,29)(H2,20,26,27)/b16-10-. The van der Waals surface area contributed by atoms with Crippen molar-refractivity contribution >= 4 is 50.9 Å². The van der Waals surface area contributed by atoms with Gasteiger partial charge in [-0.25, -0.2) is 13.6 Å². The molecule has 2 aromatic carbocycles. The van der Waals surface area contributed by atoms with Crippen LogP contribution in [0.2, 0.25) is 0 Å². The van der Waals surface area contributed by atoms with Gasteiger partial charge in [-0.15, -0.1) is 0 Å². The minimum Gasteiger partial charge on any atom is -0.497 e. The number of benzene rings is 2. The summed E-state index contributed by atoms with van der Waals surface area (Å²) in [4.78, 5) is 26.0. The fraction of sp³-hybridized carbons (Fsp3) is 0.105. The van der Waals surface area contributed by atoms with Crippen molar-refractivity contribution in [1.29, 1.82) is 0 Å². The Kier molecular flexibility index (Phi) is 6.15. The molecule has 1 fully saturated rings. The van der Waals surface area contributed by atoms with Gasteiger partial charge in [0.25, 0.3) is 5.91 Å². The number of nitrogens with one attached hydrogen (secondary N) is 2. The zero-order valence-electron chi connectivity index (χ0n) is 15.8. The largest absolute Gasteiger partial charge is 0.497 e. The summed E-state index contributed by atoms with van der Waals surface area (Å²) in [5.41, 5.74) is 1.36. The number of carbonyl (C=O) groups is 2. The van der Waals surface area contributed by atoms with Crippen molar-refractivity contribution in [3.05, 3.63) is 59.8 Å². The highest BCUT2D eigenvalue weighted by Gasteiger charge is 2.32. The summed E-state index contributed by atoms with van der Waals surface area (Å²) in [6.07, 6.45) is 1.62. The van der Waals surface area contributed by atoms with Crippen LogP contribution >= 0.6 is 12.2 Å².